The maximum Gasteiger partial charge on any atom is 0.306 e. The number of carbonyl (C=O) groups excluding carboxylic acids is 2. The van der Waals surface area contributed by atoms with Gasteiger partial charge in [0.2, 0.25) is 0 Å². The van der Waals surface area contributed by atoms with Gasteiger partial charge in [-0.1, -0.05) is 127 Å². The van der Waals surface area contributed by atoms with Gasteiger partial charge >= 0.3 is 11.9 Å². The molecular formula is C42H78NO8P. The zero-order valence-electron chi connectivity index (χ0n) is 34.0. The predicted octanol–water partition coefficient (Wildman–Crippen LogP) is 10.7. The summed E-state index contributed by atoms with van der Waals surface area (Å²) in [5.41, 5.74) is 0. The number of hydrogen-bond donors (Lipinski definition) is 0. The fourth-order valence-corrected chi connectivity index (χ4v) is 6.04. The number of rotatable bonds is 37. The second kappa shape index (κ2) is 35.0. The lowest BCUT2D eigenvalue weighted by molar-refractivity contribution is -0.870. The Kier molecular flexibility index (Phi) is 33.8. The van der Waals surface area contributed by atoms with Gasteiger partial charge in [-0.2, -0.15) is 0 Å². The molecule has 0 aromatic carbocycles. The first-order valence-electron chi connectivity index (χ1n) is 20.7. The maximum absolute atomic E-state index is 12.6. The fraction of sp³-hybridized carbons (Fsp3) is 0.810. The molecule has 0 heterocycles. The van der Waals surface area contributed by atoms with Crippen molar-refractivity contribution in [2.45, 2.75) is 174 Å². The first kappa shape index (κ1) is 50.2. The van der Waals surface area contributed by atoms with Crippen LogP contribution in [0, 0.1) is 0 Å². The average molecular weight is 756 g/mol. The normalized spacial score (nSPS) is 14.0. The first-order valence-corrected chi connectivity index (χ1v) is 22.2. The highest BCUT2D eigenvalue weighted by molar-refractivity contribution is 7.45. The Balaban J connectivity index is 4.44. The van der Waals surface area contributed by atoms with Crippen molar-refractivity contribution in [1.29, 1.82) is 0 Å². The van der Waals surface area contributed by atoms with Crippen LogP contribution in [0.3, 0.4) is 0 Å². The van der Waals surface area contributed by atoms with E-state index in [0.717, 1.165) is 83.5 Å². The molecule has 52 heavy (non-hydrogen) atoms. The lowest BCUT2D eigenvalue weighted by atomic mass is 10.1. The number of phosphoric ester groups is 1. The van der Waals surface area contributed by atoms with E-state index in [2.05, 4.69) is 50.3 Å². The molecule has 0 aromatic heterocycles. The Morgan fingerprint density at radius 1 is 0.596 bits per heavy atom. The van der Waals surface area contributed by atoms with E-state index in [1.165, 1.54) is 51.4 Å². The molecule has 0 N–H and O–H groups in total. The van der Waals surface area contributed by atoms with Crippen molar-refractivity contribution >= 4 is 19.8 Å². The van der Waals surface area contributed by atoms with Gasteiger partial charge < -0.3 is 27.9 Å². The number of likely N-dealkylation sites (N-methyl/N-ethyl adjacent to an activating group) is 1. The van der Waals surface area contributed by atoms with Crippen molar-refractivity contribution in [1.82, 2.24) is 0 Å². The summed E-state index contributed by atoms with van der Waals surface area (Å²) in [7, 11) is 1.15. The van der Waals surface area contributed by atoms with E-state index in [1.54, 1.807) is 0 Å². The van der Waals surface area contributed by atoms with Crippen molar-refractivity contribution in [2.24, 2.45) is 0 Å². The third kappa shape index (κ3) is 38.0. The second-order valence-corrected chi connectivity index (χ2v) is 16.4. The molecule has 0 fully saturated rings. The highest BCUT2D eigenvalue weighted by Gasteiger charge is 2.21. The predicted molar refractivity (Wildman–Crippen MR) is 213 cm³/mol. The van der Waals surface area contributed by atoms with Crippen molar-refractivity contribution < 1.29 is 42.1 Å². The minimum atomic E-state index is -4.62. The molecule has 10 heteroatoms. The average Bonchev–Trinajstić information content (AvgIpc) is 3.09. The third-order valence-electron chi connectivity index (χ3n) is 8.63. The summed E-state index contributed by atoms with van der Waals surface area (Å²) in [6, 6.07) is 0. The quantitative estimate of drug-likeness (QED) is 0.0203. The van der Waals surface area contributed by atoms with Crippen LogP contribution >= 0.6 is 7.82 Å². The van der Waals surface area contributed by atoms with Crippen LogP contribution in [0.2, 0.25) is 0 Å². The zero-order valence-corrected chi connectivity index (χ0v) is 34.9. The van der Waals surface area contributed by atoms with Crippen molar-refractivity contribution in [3.63, 3.8) is 0 Å². The number of hydrogen-bond acceptors (Lipinski definition) is 8. The molecule has 0 saturated heterocycles. The van der Waals surface area contributed by atoms with Gasteiger partial charge in [-0.15, -0.1) is 0 Å². The molecule has 0 spiro atoms. The summed E-state index contributed by atoms with van der Waals surface area (Å²) in [4.78, 5) is 37.4. The molecule has 2 unspecified atom stereocenters. The molecule has 0 amide bonds. The fourth-order valence-electron chi connectivity index (χ4n) is 5.31. The number of unbranched alkanes of at least 4 members (excludes halogenated alkanes) is 17. The molecule has 0 aromatic rings. The van der Waals surface area contributed by atoms with Gasteiger partial charge in [0.05, 0.1) is 27.7 Å². The second-order valence-electron chi connectivity index (χ2n) is 15.0. The van der Waals surface area contributed by atoms with Crippen LogP contribution in [-0.2, 0) is 32.7 Å². The van der Waals surface area contributed by atoms with Crippen molar-refractivity contribution in [3.05, 3.63) is 36.5 Å². The van der Waals surface area contributed by atoms with E-state index >= 15 is 0 Å². The Labute approximate surface area is 319 Å². The van der Waals surface area contributed by atoms with Crippen LogP contribution in [-0.4, -0.2) is 70.0 Å². The van der Waals surface area contributed by atoms with Gasteiger partial charge in [-0.25, -0.2) is 0 Å². The molecule has 0 aliphatic heterocycles. The number of nitrogens with zero attached hydrogens (tertiary/aromatic N) is 1. The minimum absolute atomic E-state index is 0.0353. The summed E-state index contributed by atoms with van der Waals surface area (Å²) in [6.07, 6.45) is 37.3. The number of esters is 2. The Morgan fingerprint density at radius 2 is 1.06 bits per heavy atom. The molecule has 2 atom stereocenters. The van der Waals surface area contributed by atoms with E-state index in [0.29, 0.717) is 17.4 Å². The van der Waals surface area contributed by atoms with Crippen LogP contribution in [0.25, 0.3) is 0 Å². The summed E-state index contributed by atoms with van der Waals surface area (Å²) in [6.45, 7) is 4.14. The van der Waals surface area contributed by atoms with Crippen LogP contribution in [0.15, 0.2) is 36.5 Å². The molecule has 0 bridgehead atoms. The van der Waals surface area contributed by atoms with Crippen LogP contribution < -0.4 is 4.89 Å². The summed E-state index contributed by atoms with van der Waals surface area (Å²) in [5.74, 6) is -0.862. The number of carbonyl (C=O) groups is 2. The maximum atomic E-state index is 12.6. The van der Waals surface area contributed by atoms with Gasteiger partial charge in [0.1, 0.15) is 19.8 Å². The van der Waals surface area contributed by atoms with Gasteiger partial charge in [0.25, 0.3) is 7.82 Å². The highest BCUT2D eigenvalue weighted by atomic mass is 31.2. The topological polar surface area (TPSA) is 111 Å². The number of quaternary nitrogens is 1. The first-order chi connectivity index (χ1) is 25.0. The molecule has 0 aliphatic carbocycles. The van der Waals surface area contributed by atoms with Gasteiger partial charge in [-0.05, 0) is 64.2 Å². The molecule has 9 nitrogen and oxygen atoms in total. The SMILES string of the molecule is CCCC/C=C\C/C=C\CCCCCCCC(=O)OC(COC(=O)CCCCCCC/C=C\CCCCCCC)COP(=O)([O-])OCC[N+](C)(C)C. The monoisotopic (exact) mass is 756 g/mol. The van der Waals surface area contributed by atoms with E-state index in [9.17, 15) is 19.0 Å². The van der Waals surface area contributed by atoms with Crippen molar-refractivity contribution in [2.75, 3.05) is 47.5 Å². The highest BCUT2D eigenvalue weighted by Crippen LogP contribution is 2.38. The largest absolute Gasteiger partial charge is 0.756 e. The molecule has 0 radical (unpaired) electrons. The Bertz CT molecular complexity index is 991. The van der Waals surface area contributed by atoms with Gasteiger partial charge in [-0.3, -0.25) is 14.2 Å². The van der Waals surface area contributed by atoms with E-state index in [-0.39, 0.29) is 26.1 Å². The van der Waals surface area contributed by atoms with Gasteiger partial charge in [0, 0.05) is 12.8 Å². The Hall–Kier alpha value is -1.77. The minimum Gasteiger partial charge on any atom is -0.756 e. The number of phosphoric acid groups is 1. The summed E-state index contributed by atoms with van der Waals surface area (Å²) in [5, 5.41) is 0. The van der Waals surface area contributed by atoms with Gasteiger partial charge in [0.15, 0.2) is 6.10 Å². The van der Waals surface area contributed by atoms with E-state index in [1.807, 2.05) is 21.1 Å². The lowest BCUT2D eigenvalue weighted by Gasteiger charge is -2.28. The third-order valence-corrected chi connectivity index (χ3v) is 9.60. The lowest BCUT2D eigenvalue weighted by Crippen LogP contribution is -2.37. The van der Waals surface area contributed by atoms with Crippen LogP contribution in [0.1, 0.15) is 168 Å². The van der Waals surface area contributed by atoms with Crippen molar-refractivity contribution in [3.8, 4) is 0 Å². The smallest absolute Gasteiger partial charge is 0.306 e. The standard InChI is InChI=1S/C42H78NO8P/c1-6-8-10-12-14-16-18-20-22-24-26-28-30-32-34-41(44)48-38-40(39-50-52(46,47)49-37-36-43(3,4)5)51-42(45)35-33-31-29-27-25-23-21-19-17-15-13-11-9-7-2/h13,15,18-21,40H,6-12,14,16-17,22-39H2,1-5H3/b15-13-,20-18-,21-19-. The van der Waals surface area contributed by atoms with Crippen LogP contribution in [0.4, 0.5) is 0 Å². The summed E-state index contributed by atoms with van der Waals surface area (Å²) < 4.78 is 33.8. The molecule has 0 saturated carbocycles. The van der Waals surface area contributed by atoms with E-state index in [4.69, 9.17) is 18.5 Å². The Morgan fingerprint density at radius 3 is 1.60 bits per heavy atom. The number of ether oxygens (including phenoxy) is 2. The molecular weight excluding hydrogens is 677 g/mol. The molecule has 0 rings (SSSR count). The molecule has 304 valence electrons. The molecule has 0 aliphatic rings. The number of allylic oxidation sites excluding steroid dienone is 6. The summed E-state index contributed by atoms with van der Waals surface area (Å²) >= 11 is 0. The van der Waals surface area contributed by atoms with Crippen LogP contribution in [0.5, 0.6) is 0 Å². The van der Waals surface area contributed by atoms with E-state index < -0.39 is 32.5 Å². The zero-order chi connectivity index (χ0) is 38.6.